The van der Waals surface area contributed by atoms with Crippen LogP contribution in [0, 0.1) is 6.92 Å². The molecule has 1 amide bonds. The van der Waals surface area contributed by atoms with Crippen molar-refractivity contribution in [2.75, 3.05) is 18.5 Å². The van der Waals surface area contributed by atoms with Crippen molar-refractivity contribution < 1.29 is 14.3 Å². The molecule has 0 radical (unpaired) electrons. The predicted molar refractivity (Wildman–Crippen MR) is 98.3 cm³/mol. The van der Waals surface area contributed by atoms with Gasteiger partial charge in [-0.2, -0.15) is 0 Å². The molecular weight excluding hydrogens is 426 g/mol. The molecule has 2 aromatic rings. The molecule has 0 aliphatic heterocycles. The van der Waals surface area contributed by atoms with Gasteiger partial charge in [-0.1, -0.05) is 22.0 Å². The Hall–Kier alpha value is -1.53. The first-order valence-corrected chi connectivity index (χ1v) is 8.69. The van der Waals surface area contributed by atoms with Crippen LogP contribution in [0.4, 0.5) is 5.69 Å². The summed E-state index contributed by atoms with van der Waals surface area (Å²) in [7, 11) is 0. The highest BCUT2D eigenvalue weighted by Crippen LogP contribution is 2.32. The van der Waals surface area contributed by atoms with Crippen LogP contribution in [0.25, 0.3) is 0 Å². The fourth-order valence-corrected chi connectivity index (χ4v) is 3.59. The largest absolute Gasteiger partial charge is 0.494 e. The van der Waals surface area contributed by atoms with E-state index >= 15 is 0 Å². The van der Waals surface area contributed by atoms with Crippen molar-refractivity contribution in [3.8, 4) is 11.5 Å². The van der Waals surface area contributed by atoms with Crippen molar-refractivity contribution in [1.29, 1.82) is 0 Å². The summed E-state index contributed by atoms with van der Waals surface area (Å²) in [5.74, 6) is 1.15. The molecule has 122 valence electrons. The lowest BCUT2D eigenvalue weighted by atomic mass is 10.2. The third-order valence-electron chi connectivity index (χ3n) is 2.97. The molecule has 2 aromatic carbocycles. The van der Waals surface area contributed by atoms with E-state index in [4.69, 9.17) is 9.47 Å². The molecule has 23 heavy (non-hydrogen) atoms. The van der Waals surface area contributed by atoms with Crippen LogP contribution in [0.15, 0.2) is 45.3 Å². The zero-order chi connectivity index (χ0) is 16.8. The van der Waals surface area contributed by atoms with E-state index in [9.17, 15) is 4.79 Å². The number of amides is 1. The maximum atomic E-state index is 12.0. The molecular formula is C17H17Br2NO3. The van der Waals surface area contributed by atoms with Crippen LogP contribution in [0.3, 0.4) is 0 Å². The first-order valence-electron chi connectivity index (χ1n) is 7.10. The van der Waals surface area contributed by atoms with E-state index in [1.54, 1.807) is 12.1 Å². The van der Waals surface area contributed by atoms with E-state index in [0.717, 1.165) is 20.3 Å². The molecule has 2 rings (SSSR count). The summed E-state index contributed by atoms with van der Waals surface area (Å²) in [5.41, 5.74) is 1.62. The third kappa shape index (κ3) is 5.25. The minimum absolute atomic E-state index is 0.0695. The molecule has 0 aliphatic carbocycles. The van der Waals surface area contributed by atoms with Gasteiger partial charge >= 0.3 is 0 Å². The fourth-order valence-electron chi connectivity index (χ4n) is 2.04. The smallest absolute Gasteiger partial charge is 0.262 e. The summed E-state index contributed by atoms with van der Waals surface area (Å²) < 4.78 is 12.8. The second-order valence-corrected chi connectivity index (χ2v) is 6.60. The van der Waals surface area contributed by atoms with Gasteiger partial charge in [-0.3, -0.25) is 4.79 Å². The molecule has 6 heteroatoms. The number of halogens is 2. The monoisotopic (exact) mass is 441 g/mol. The number of anilines is 1. The molecule has 0 saturated heterocycles. The van der Waals surface area contributed by atoms with Gasteiger partial charge in [-0.15, -0.1) is 0 Å². The van der Waals surface area contributed by atoms with Crippen LogP contribution >= 0.6 is 31.9 Å². The summed E-state index contributed by atoms with van der Waals surface area (Å²) in [6.45, 7) is 4.35. The Morgan fingerprint density at radius 2 is 1.96 bits per heavy atom. The van der Waals surface area contributed by atoms with E-state index in [2.05, 4.69) is 37.2 Å². The van der Waals surface area contributed by atoms with Gasteiger partial charge < -0.3 is 14.8 Å². The molecule has 0 saturated carbocycles. The lowest BCUT2D eigenvalue weighted by Gasteiger charge is -2.12. The Balaban J connectivity index is 1.97. The maximum absolute atomic E-state index is 12.0. The van der Waals surface area contributed by atoms with Gasteiger partial charge in [0.1, 0.15) is 11.5 Å². The summed E-state index contributed by atoms with van der Waals surface area (Å²) in [4.78, 5) is 12.0. The Morgan fingerprint density at radius 3 is 2.65 bits per heavy atom. The number of benzene rings is 2. The number of hydrogen-bond donors (Lipinski definition) is 1. The fraction of sp³-hybridized carbons (Fsp3) is 0.235. The van der Waals surface area contributed by atoms with Gasteiger partial charge in [0.25, 0.3) is 5.91 Å². The van der Waals surface area contributed by atoms with Crippen LogP contribution in [-0.4, -0.2) is 19.1 Å². The normalized spacial score (nSPS) is 10.3. The second kappa shape index (κ2) is 8.36. The van der Waals surface area contributed by atoms with Crippen LogP contribution in [0.5, 0.6) is 11.5 Å². The Labute approximate surface area is 152 Å². The SMILES string of the molecule is CCOc1cccc(NC(=O)COc2c(C)cc(Br)cc2Br)c1. The van der Waals surface area contributed by atoms with Crippen molar-refractivity contribution in [2.24, 2.45) is 0 Å². The molecule has 1 N–H and O–H groups in total. The molecule has 4 nitrogen and oxygen atoms in total. The quantitative estimate of drug-likeness (QED) is 0.689. The second-order valence-electron chi connectivity index (χ2n) is 4.83. The zero-order valence-corrected chi connectivity index (χ0v) is 16.0. The highest BCUT2D eigenvalue weighted by atomic mass is 79.9. The third-order valence-corrected chi connectivity index (χ3v) is 4.02. The van der Waals surface area contributed by atoms with Gasteiger partial charge in [0, 0.05) is 16.2 Å². The van der Waals surface area contributed by atoms with Crippen molar-refractivity contribution in [3.63, 3.8) is 0 Å². The number of nitrogens with one attached hydrogen (secondary N) is 1. The standard InChI is InChI=1S/C17H17Br2NO3/c1-3-22-14-6-4-5-13(9-14)20-16(21)10-23-17-11(2)7-12(18)8-15(17)19/h4-9H,3,10H2,1-2H3,(H,20,21). The number of ether oxygens (including phenoxy) is 2. The van der Waals surface area contributed by atoms with Crippen LogP contribution in [0.2, 0.25) is 0 Å². The molecule has 0 unspecified atom stereocenters. The molecule has 0 fully saturated rings. The zero-order valence-electron chi connectivity index (χ0n) is 12.9. The maximum Gasteiger partial charge on any atom is 0.262 e. The number of carbonyl (C=O) groups is 1. The van der Waals surface area contributed by atoms with Crippen molar-refractivity contribution >= 4 is 43.5 Å². The molecule has 0 heterocycles. The highest BCUT2D eigenvalue weighted by molar-refractivity contribution is 9.11. The van der Waals surface area contributed by atoms with Gasteiger partial charge in [0.05, 0.1) is 11.1 Å². The number of rotatable bonds is 6. The molecule has 0 bridgehead atoms. The van der Waals surface area contributed by atoms with E-state index in [1.165, 1.54) is 0 Å². The minimum atomic E-state index is -0.229. The van der Waals surface area contributed by atoms with Crippen LogP contribution in [-0.2, 0) is 4.79 Å². The first-order chi connectivity index (χ1) is 11.0. The lowest BCUT2D eigenvalue weighted by Crippen LogP contribution is -2.20. The van der Waals surface area contributed by atoms with Crippen LogP contribution < -0.4 is 14.8 Å². The number of aryl methyl sites for hydroxylation is 1. The van der Waals surface area contributed by atoms with Crippen molar-refractivity contribution in [3.05, 3.63) is 50.9 Å². The summed E-state index contributed by atoms with van der Waals surface area (Å²) >= 11 is 6.85. The Morgan fingerprint density at radius 1 is 1.17 bits per heavy atom. The summed E-state index contributed by atoms with van der Waals surface area (Å²) in [5, 5.41) is 2.79. The Bertz CT molecular complexity index is 681. The predicted octanol–water partition coefficient (Wildman–Crippen LogP) is 4.94. The van der Waals surface area contributed by atoms with E-state index in [1.807, 2.05) is 38.1 Å². The van der Waals surface area contributed by atoms with E-state index < -0.39 is 0 Å². The van der Waals surface area contributed by atoms with E-state index in [-0.39, 0.29) is 12.5 Å². The van der Waals surface area contributed by atoms with Crippen molar-refractivity contribution in [2.45, 2.75) is 13.8 Å². The van der Waals surface area contributed by atoms with E-state index in [0.29, 0.717) is 18.0 Å². The molecule has 0 aromatic heterocycles. The summed E-state index contributed by atoms with van der Waals surface area (Å²) in [6.07, 6.45) is 0. The minimum Gasteiger partial charge on any atom is -0.494 e. The topological polar surface area (TPSA) is 47.6 Å². The molecule has 0 atom stereocenters. The van der Waals surface area contributed by atoms with Gasteiger partial charge in [0.2, 0.25) is 0 Å². The molecule has 0 spiro atoms. The van der Waals surface area contributed by atoms with Gasteiger partial charge in [0.15, 0.2) is 6.61 Å². The van der Waals surface area contributed by atoms with Crippen molar-refractivity contribution in [1.82, 2.24) is 0 Å². The van der Waals surface area contributed by atoms with Crippen LogP contribution in [0.1, 0.15) is 12.5 Å². The van der Waals surface area contributed by atoms with Gasteiger partial charge in [-0.25, -0.2) is 0 Å². The molecule has 0 aliphatic rings. The average molecular weight is 443 g/mol. The lowest BCUT2D eigenvalue weighted by molar-refractivity contribution is -0.118. The highest BCUT2D eigenvalue weighted by Gasteiger charge is 2.10. The first kappa shape index (κ1) is 17.8. The average Bonchev–Trinajstić information content (AvgIpc) is 2.46. The number of hydrogen-bond acceptors (Lipinski definition) is 3. The number of carbonyl (C=O) groups excluding carboxylic acids is 1. The summed E-state index contributed by atoms with van der Waals surface area (Å²) in [6, 6.07) is 11.1. The Kier molecular flexibility index (Phi) is 6.47. The van der Waals surface area contributed by atoms with Gasteiger partial charge in [-0.05, 0) is 59.6 Å².